The van der Waals surface area contributed by atoms with Gasteiger partial charge in [0, 0.05) is 24.7 Å². The highest BCUT2D eigenvalue weighted by molar-refractivity contribution is 7.92. The van der Waals surface area contributed by atoms with E-state index in [-0.39, 0.29) is 18.2 Å². The summed E-state index contributed by atoms with van der Waals surface area (Å²) in [5.74, 6) is 0.658. The average molecular weight is 441 g/mol. The lowest BCUT2D eigenvalue weighted by atomic mass is 10.1. The van der Waals surface area contributed by atoms with Crippen LogP contribution in [0.15, 0.2) is 53.1 Å². The Morgan fingerprint density at radius 1 is 1.16 bits per heavy atom. The third-order valence-electron chi connectivity index (χ3n) is 5.29. The first-order valence-corrected chi connectivity index (χ1v) is 11.7. The minimum Gasteiger partial charge on any atom is -0.337 e. The first-order chi connectivity index (χ1) is 14.8. The van der Waals surface area contributed by atoms with Crippen LogP contribution in [0.2, 0.25) is 0 Å². The Kier molecular flexibility index (Phi) is 5.77. The maximum atomic E-state index is 13.0. The third kappa shape index (κ3) is 4.46. The Bertz CT molecular complexity index is 1190. The van der Waals surface area contributed by atoms with E-state index in [1.807, 2.05) is 37.3 Å². The normalized spacial score (nSPS) is 15.6. The Hall–Kier alpha value is -3.20. The predicted molar refractivity (Wildman–Crippen MR) is 117 cm³/mol. The predicted octanol–water partition coefficient (Wildman–Crippen LogP) is 3.25. The molecule has 1 aliphatic heterocycles. The van der Waals surface area contributed by atoms with Crippen molar-refractivity contribution < 1.29 is 17.7 Å². The van der Waals surface area contributed by atoms with E-state index in [0.717, 1.165) is 17.5 Å². The number of aryl methyl sites for hydroxylation is 1. The van der Waals surface area contributed by atoms with Crippen molar-refractivity contribution in [3.8, 4) is 11.4 Å². The second-order valence-electron chi connectivity index (χ2n) is 7.64. The molecule has 162 valence electrons. The van der Waals surface area contributed by atoms with Crippen LogP contribution in [0.5, 0.6) is 0 Å². The van der Waals surface area contributed by atoms with Crippen LogP contribution in [0.3, 0.4) is 0 Å². The van der Waals surface area contributed by atoms with Gasteiger partial charge in [-0.05, 0) is 37.5 Å². The highest BCUT2D eigenvalue weighted by atomic mass is 32.2. The SMILES string of the molecule is Cc1ccc(C(=O)N(C)Cc2nc(-c3ccccc3)no2)cc1N1CCCCS1(=O)=O. The third-order valence-corrected chi connectivity index (χ3v) is 7.15. The monoisotopic (exact) mass is 440 g/mol. The molecule has 31 heavy (non-hydrogen) atoms. The molecule has 8 nitrogen and oxygen atoms in total. The van der Waals surface area contributed by atoms with Crippen molar-refractivity contribution in [2.75, 3.05) is 23.7 Å². The minimum atomic E-state index is -3.36. The van der Waals surface area contributed by atoms with Crippen molar-refractivity contribution in [2.24, 2.45) is 0 Å². The maximum absolute atomic E-state index is 13.0. The number of nitrogens with zero attached hydrogens (tertiary/aromatic N) is 4. The number of benzene rings is 2. The number of rotatable bonds is 5. The van der Waals surface area contributed by atoms with E-state index in [2.05, 4.69) is 10.1 Å². The molecule has 3 aromatic rings. The lowest BCUT2D eigenvalue weighted by Crippen LogP contribution is -2.38. The summed E-state index contributed by atoms with van der Waals surface area (Å²) < 4.78 is 31.7. The van der Waals surface area contributed by atoms with Crippen LogP contribution in [0, 0.1) is 6.92 Å². The Balaban J connectivity index is 1.52. The lowest BCUT2D eigenvalue weighted by Gasteiger charge is -2.30. The van der Waals surface area contributed by atoms with E-state index in [4.69, 9.17) is 4.52 Å². The molecule has 0 N–H and O–H groups in total. The van der Waals surface area contributed by atoms with Gasteiger partial charge in [0.05, 0.1) is 18.0 Å². The zero-order valence-electron chi connectivity index (χ0n) is 17.5. The van der Waals surface area contributed by atoms with Gasteiger partial charge in [0.1, 0.15) is 0 Å². The van der Waals surface area contributed by atoms with Crippen molar-refractivity contribution in [1.29, 1.82) is 0 Å². The van der Waals surface area contributed by atoms with Crippen LogP contribution in [-0.2, 0) is 16.6 Å². The Morgan fingerprint density at radius 3 is 2.68 bits per heavy atom. The summed E-state index contributed by atoms with van der Waals surface area (Å²) in [6.45, 7) is 2.42. The van der Waals surface area contributed by atoms with Gasteiger partial charge in [-0.25, -0.2) is 8.42 Å². The van der Waals surface area contributed by atoms with E-state index in [1.165, 1.54) is 9.21 Å². The molecule has 1 amide bonds. The molecule has 1 aromatic heterocycles. The molecule has 0 radical (unpaired) electrons. The van der Waals surface area contributed by atoms with Crippen molar-refractivity contribution in [3.05, 3.63) is 65.5 Å². The second kappa shape index (κ2) is 8.50. The van der Waals surface area contributed by atoms with Crippen LogP contribution in [0.25, 0.3) is 11.4 Å². The van der Waals surface area contributed by atoms with Gasteiger partial charge in [0.2, 0.25) is 21.7 Å². The van der Waals surface area contributed by atoms with Gasteiger partial charge in [0.15, 0.2) is 0 Å². The highest BCUT2D eigenvalue weighted by Crippen LogP contribution is 2.28. The van der Waals surface area contributed by atoms with Crippen molar-refractivity contribution >= 4 is 21.6 Å². The fraction of sp³-hybridized carbons (Fsp3) is 0.318. The van der Waals surface area contributed by atoms with E-state index in [0.29, 0.717) is 35.9 Å². The highest BCUT2D eigenvalue weighted by Gasteiger charge is 2.28. The summed E-state index contributed by atoms with van der Waals surface area (Å²) in [6, 6.07) is 14.6. The molecule has 2 heterocycles. The van der Waals surface area contributed by atoms with Crippen LogP contribution < -0.4 is 4.31 Å². The molecular weight excluding hydrogens is 416 g/mol. The van der Waals surface area contributed by atoms with Gasteiger partial charge in [-0.3, -0.25) is 9.10 Å². The molecule has 1 aliphatic rings. The summed E-state index contributed by atoms with van der Waals surface area (Å²) in [7, 11) is -1.71. The quantitative estimate of drug-likeness (QED) is 0.604. The number of amides is 1. The second-order valence-corrected chi connectivity index (χ2v) is 9.65. The van der Waals surface area contributed by atoms with Gasteiger partial charge >= 0.3 is 0 Å². The van der Waals surface area contributed by atoms with Crippen LogP contribution >= 0.6 is 0 Å². The number of sulfonamides is 1. The summed E-state index contributed by atoms with van der Waals surface area (Å²) >= 11 is 0. The Labute approximate surface area is 181 Å². The number of aromatic nitrogens is 2. The molecule has 0 atom stereocenters. The van der Waals surface area contributed by atoms with Crippen LogP contribution in [0.4, 0.5) is 5.69 Å². The standard InChI is InChI=1S/C22H24N4O4S/c1-16-10-11-18(14-19(16)26-12-6-7-13-31(26,28)29)22(27)25(2)15-20-23-21(24-30-20)17-8-4-3-5-9-17/h3-5,8-11,14H,6-7,12-13,15H2,1-2H3. The molecule has 1 fully saturated rings. The van der Waals surface area contributed by atoms with Gasteiger partial charge in [-0.1, -0.05) is 41.6 Å². The first-order valence-electron chi connectivity index (χ1n) is 10.1. The lowest BCUT2D eigenvalue weighted by molar-refractivity contribution is 0.0769. The van der Waals surface area contributed by atoms with Gasteiger partial charge in [-0.2, -0.15) is 4.98 Å². The molecule has 2 aromatic carbocycles. The zero-order chi connectivity index (χ0) is 22.0. The van der Waals surface area contributed by atoms with Crippen molar-refractivity contribution in [2.45, 2.75) is 26.3 Å². The van der Waals surface area contributed by atoms with E-state index < -0.39 is 10.0 Å². The number of anilines is 1. The molecule has 4 rings (SSSR count). The van der Waals surface area contributed by atoms with Crippen LogP contribution in [0.1, 0.15) is 34.7 Å². The van der Waals surface area contributed by atoms with Gasteiger partial charge < -0.3 is 9.42 Å². The van der Waals surface area contributed by atoms with E-state index in [1.54, 1.807) is 25.2 Å². The fourth-order valence-electron chi connectivity index (χ4n) is 3.59. The molecule has 0 bridgehead atoms. The first kappa shape index (κ1) is 21.0. The fourth-order valence-corrected chi connectivity index (χ4v) is 5.28. The largest absolute Gasteiger partial charge is 0.337 e. The minimum absolute atomic E-state index is 0.130. The number of hydrogen-bond acceptors (Lipinski definition) is 6. The summed E-state index contributed by atoms with van der Waals surface area (Å²) in [6.07, 6.45) is 1.46. The van der Waals surface area contributed by atoms with E-state index in [9.17, 15) is 13.2 Å². The van der Waals surface area contributed by atoms with E-state index >= 15 is 0 Å². The smallest absolute Gasteiger partial charge is 0.254 e. The summed E-state index contributed by atoms with van der Waals surface area (Å²) in [5.41, 5.74) is 2.61. The van der Waals surface area contributed by atoms with Gasteiger partial charge in [0.25, 0.3) is 5.91 Å². The Morgan fingerprint density at radius 2 is 1.94 bits per heavy atom. The molecule has 0 spiro atoms. The molecule has 0 aliphatic carbocycles. The van der Waals surface area contributed by atoms with Crippen LogP contribution in [-0.4, -0.2) is 48.7 Å². The molecule has 0 unspecified atom stereocenters. The molecule has 9 heteroatoms. The average Bonchev–Trinajstić information content (AvgIpc) is 3.23. The molecular formula is C22H24N4O4S. The molecule has 0 saturated carbocycles. The topological polar surface area (TPSA) is 96.6 Å². The van der Waals surface area contributed by atoms with Crippen molar-refractivity contribution in [1.82, 2.24) is 15.0 Å². The number of carbonyl (C=O) groups is 1. The number of hydrogen-bond donors (Lipinski definition) is 0. The van der Waals surface area contributed by atoms with Gasteiger partial charge in [-0.15, -0.1) is 0 Å². The van der Waals surface area contributed by atoms with Crippen molar-refractivity contribution in [3.63, 3.8) is 0 Å². The molecule has 1 saturated heterocycles. The number of carbonyl (C=O) groups excluding carboxylic acids is 1. The zero-order valence-corrected chi connectivity index (χ0v) is 18.3. The maximum Gasteiger partial charge on any atom is 0.254 e. The summed E-state index contributed by atoms with van der Waals surface area (Å²) in [5, 5.41) is 3.98. The summed E-state index contributed by atoms with van der Waals surface area (Å²) in [4.78, 5) is 18.8.